The van der Waals surface area contributed by atoms with Crippen molar-refractivity contribution < 1.29 is 4.42 Å². The topological polar surface area (TPSA) is 40.8 Å². The molecule has 1 spiro atoms. The van der Waals surface area contributed by atoms with Crippen LogP contribution in [0, 0.1) is 5.41 Å². The van der Waals surface area contributed by atoms with Crippen LogP contribution in [0.2, 0.25) is 0 Å². The third kappa shape index (κ3) is 3.93. The number of aliphatic imine (C=N–C) groups is 1. The molecule has 118 valence electrons. The van der Waals surface area contributed by atoms with Gasteiger partial charge in [0.25, 0.3) is 0 Å². The molecule has 1 aliphatic carbocycles. The summed E-state index contributed by atoms with van der Waals surface area (Å²) in [5.74, 6) is 2.09. The molecule has 0 atom stereocenters. The van der Waals surface area contributed by atoms with Gasteiger partial charge in [-0.05, 0) is 36.8 Å². The number of furan rings is 1. The van der Waals surface area contributed by atoms with Gasteiger partial charge < -0.3 is 14.6 Å². The number of guanidine groups is 1. The molecule has 0 radical (unpaired) electrons. The molecule has 5 heteroatoms. The number of nitrogens with one attached hydrogen (secondary N) is 1. The largest absolute Gasteiger partial charge is 0.469 e. The van der Waals surface area contributed by atoms with Crippen molar-refractivity contribution in [3.8, 4) is 0 Å². The lowest BCUT2D eigenvalue weighted by Crippen LogP contribution is -2.41. The predicted octanol–water partition coefficient (Wildman–Crippen LogP) is 3.28. The quantitative estimate of drug-likeness (QED) is 0.479. The fraction of sp³-hybridized carbons (Fsp3) is 0.688. The SMILES string of the molecule is CN=C(NCCc1ccco1)N1CCC2(CCCC2)C1.I. The maximum absolute atomic E-state index is 5.36. The number of likely N-dealkylation sites (tertiary alicyclic amines) is 1. The first-order valence-electron chi connectivity index (χ1n) is 7.79. The number of hydrogen-bond acceptors (Lipinski definition) is 2. The molecule has 2 fully saturated rings. The van der Waals surface area contributed by atoms with E-state index in [-0.39, 0.29) is 24.0 Å². The molecule has 1 N–H and O–H groups in total. The van der Waals surface area contributed by atoms with Gasteiger partial charge in [-0.2, -0.15) is 0 Å². The van der Waals surface area contributed by atoms with Crippen molar-refractivity contribution in [1.29, 1.82) is 0 Å². The molecule has 3 rings (SSSR count). The Morgan fingerprint density at radius 1 is 1.38 bits per heavy atom. The molecule has 0 unspecified atom stereocenters. The number of nitrogens with zero attached hydrogens (tertiary/aromatic N) is 2. The van der Waals surface area contributed by atoms with E-state index in [0.717, 1.165) is 31.2 Å². The maximum atomic E-state index is 5.36. The van der Waals surface area contributed by atoms with E-state index in [1.807, 2.05) is 19.2 Å². The van der Waals surface area contributed by atoms with Crippen LogP contribution in [0.3, 0.4) is 0 Å². The van der Waals surface area contributed by atoms with Crippen LogP contribution in [0.25, 0.3) is 0 Å². The van der Waals surface area contributed by atoms with Gasteiger partial charge in [0.2, 0.25) is 0 Å². The molecule has 4 nitrogen and oxygen atoms in total. The molecule has 1 aromatic heterocycles. The first kappa shape index (κ1) is 16.6. The van der Waals surface area contributed by atoms with Crippen LogP contribution >= 0.6 is 24.0 Å². The summed E-state index contributed by atoms with van der Waals surface area (Å²) in [6.45, 7) is 3.22. The van der Waals surface area contributed by atoms with E-state index in [1.54, 1.807) is 6.26 Å². The summed E-state index contributed by atoms with van der Waals surface area (Å²) in [5, 5.41) is 3.47. The zero-order valence-electron chi connectivity index (χ0n) is 12.8. The molecule has 1 saturated carbocycles. The molecule has 0 amide bonds. The Morgan fingerprint density at radius 3 is 2.86 bits per heavy atom. The minimum atomic E-state index is 0. The Hall–Kier alpha value is -0.720. The summed E-state index contributed by atoms with van der Waals surface area (Å²) < 4.78 is 5.36. The highest BCUT2D eigenvalue weighted by atomic mass is 127. The van der Waals surface area contributed by atoms with E-state index in [0.29, 0.717) is 5.41 Å². The van der Waals surface area contributed by atoms with Crippen LogP contribution in [0.5, 0.6) is 0 Å². The molecule has 2 heterocycles. The lowest BCUT2D eigenvalue weighted by atomic mass is 9.86. The summed E-state index contributed by atoms with van der Waals surface area (Å²) in [6, 6.07) is 3.96. The first-order valence-corrected chi connectivity index (χ1v) is 7.79. The molecule has 21 heavy (non-hydrogen) atoms. The number of hydrogen-bond donors (Lipinski definition) is 1. The maximum Gasteiger partial charge on any atom is 0.193 e. The lowest BCUT2D eigenvalue weighted by molar-refractivity contribution is 0.309. The van der Waals surface area contributed by atoms with Gasteiger partial charge in [0.05, 0.1) is 6.26 Å². The highest BCUT2D eigenvalue weighted by molar-refractivity contribution is 14.0. The van der Waals surface area contributed by atoms with Crippen molar-refractivity contribution >= 4 is 29.9 Å². The second kappa shape index (κ2) is 7.51. The average molecular weight is 403 g/mol. The molecule has 1 aromatic rings. The van der Waals surface area contributed by atoms with Gasteiger partial charge in [-0.3, -0.25) is 4.99 Å². The molecular formula is C16H26IN3O. The highest BCUT2D eigenvalue weighted by Gasteiger charge is 2.40. The van der Waals surface area contributed by atoms with Gasteiger partial charge in [0, 0.05) is 33.1 Å². The van der Waals surface area contributed by atoms with E-state index >= 15 is 0 Å². The van der Waals surface area contributed by atoms with E-state index in [9.17, 15) is 0 Å². The molecule has 0 aromatic carbocycles. The minimum Gasteiger partial charge on any atom is -0.469 e. The number of rotatable bonds is 3. The van der Waals surface area contributed by atoms with Crippen LogP contribution in [0.15, 0.2) is 27.8 Å². The van der Waals surface area contributed by atoms with E-state index in [1.165, 1.54) is 38.6 Å². The van der Waals surface area contributed by atoms with Gasteiger partial charge in [-0.1, -0.05) is 12.8 Å². The Labute approximate surface area is 144 Å². The second-order valence-electron chi connectivity index (χ2n) is 6.18. The van der Waals surface area contributed by atoms with E-state index in [2.05, 4.69) is 15.2 Å². The summed E-state index contributed by atoms with van der Waals surface area (Å²) in [6.07, 6.45) is 9.63. The number of halogens is 1. The van der Waals surface area contributed by atoms with Crippen LogP contribution in [-0.4, -0.2) is 37.5 Å². The zero-order chi connectivity index (χ0) is 13.8. The Bertz CT molecular complexity index is 452. The normalized spacial score (nSPS) is 20.8. The van der Waals surface area contributed by atoms with E-state index < -0.39 is 0 Å². The molecule has 2 aliphatic rings. The zero-order valence-corrected chi connectivity index (χ0v) is 15.1. The third-order valence-corrected chi connectivity index (χ3v) is 4.85. The monoisotopic (exact) mass is 403 g/mol. The van der Waals surface area contributed by atoms with Gasteiger partial charge in [0.15, 0.2) is 5.96 Å². The van der Waals surface area contributed by atoms with Crippen molar-refractivity contribution in [3.05, 3.63) is 24.2 Å². The van der Waals surface area contributed by atoms with Crippen LogP contribution < -0.4 is 5.32 Å². The summed E-state index contributed by atoms with van der Waals surface area (Å²) in [4.78, 5) is 6.88. The van der Waals surface area contributed by atoms with Gasteiger partial charge >= 0.3 is 0 Å². The van der Waals surface area contributed by atoms with Gasteiger partial charge in [-0.15, -0.1) is 24.0 Å². The van der Waals surface area contributed by atoms with Gasteiger partial charge in [0.1, 0.15) is 5.76 Å². The van der Waals surface area contributed by atoms with Crippen molar-refractivity contribution in [1.82, 2.24) is 10.2 Å². The second-order valence-corrected chi connectivity index (χ2v) is 6.18. The van der Waals surface area contributed by atoms with Crippen LogP contribution in [-0.2, 0) is 6.42 Å². The van der Waals surface area contributed by atoms with Crippen molar-refractivity contribution in [3.63, 3.8) is 0 Å². The minimum absolute atomic E-state index is 0. The van der Waals surface area contributed by atoms with Gasteiger partial charge in [-0.25, -0.2) is 0 Å². The first-order chi connectivity index (χ1) is 9.81. The van der Waals surface area contributed by atoms with Crippen LogP contribution in [0.1, 0.15) is 37.9 Å². The predicted molar refractivity (Wildman–Crippen MR) is 96.3 cm³/mol. The Morgan fingerprint density at radius 2 is 2.19 bits per heavy atom. The molecule has 1 saturated heterocycles. The summed E-state index contributed by atoms with van der Waals surface area (Å²) in [5.41, 5.74) is 0.596. The summed E-state index contributed by atoms with van der Waals surface area (Å²) >= 11 is 0. The smallest absolute Gasteiger partial charge is 0.193 e. The Kier molecular flexibility index (Phi) is 5.96. The van der Waals surface area contributed by atoms with Crippen molar-refractivity contribution in [2.75, 3.05) is 26.7 Å². The molecular weight excluding hydrogens is 377 g/mol. The van der Waals surface area contributed by atoms with Crippen molar-refractivity contribution in [2.45, 2.75) is 38.5 Å². The third-order valence-electron chi connectivity index (χ3n) is 4.85. The van der Waals surface area contributed by atoms with E-state index in [4.69, 9.17) is 4.42 Å². The lowest BCUT2D eigenvalue weighted by Gasteiger charge is -2.25. The highest BCUT2D eigenvalue weighted by Crippen LogP contribution is 2.45. The van der Waals surface area contributed by atoms with Crippen molar-refractivity contribution in [2.24, 2.45) is 10.4 Å². The Balaban J connectivity index is 0.00000161. The standard InChI is InChI=1S/C16H25N3O.HI/c1-17-15(18-10-6-14-5-4-12-20-14)19-11-9-16(13-19)7-2-3-8-16;/h4-5,12H,2-3,6-11,13H2,1H3,(H,17,18);1H. The average Bonchev–Trinajstić information content (AvgIpc) is 3.19. The fourth-order valence-electron chi connectivity index (χ4n) is 3.73. The van der Waals surface area contributed by atoms with Crippen LogP contribution in [0.4, 0.5) is 0 Å². The molecule has 0 bridgehead atoms. The summed E-state index contributed by atoms with van der Waals surface area (Å²) in [7, 11) is 1.88. The molecule has 1 aliphatic heterocycles. The fourth-order valence-corrected chi connectivity index (χ4v) is 3.73.